The second-order valence-corrected chi connectivity index (χ2v) is 7.13. The lowest BCUT2D eigenvalue weighted by molar-refractivity contribution is -0.000457. The Morgan fingerprint density at radius 3 is 2.19 bits per heavy atom. The summed E-state index contributed by atoms with van der Waals surface area (Å²) >= 11 is 3.46. The molecule has 1 saturated carbocycles. The van der Waals surface area contributed by atoms with Crippen molar-refractivity contribution in [3.8, 4) is 0 Å². The Bertz CT molecular complexity index is 568. The SMILES string of the molecule is OC1(Cc2ccc(Br)cc2)CCC(c2ccccc2)CC1. The van der Waals surface area contributed by atoms with Gasteiger partial charge in [-0.05, 0) is 54.9 Å². The molecule has 0 bridgehead atoms. The van der Waals surface area contributed by atoms with E-state index in [0.29, 0.717) is 5.92 Å². The molecule has 3 rings (SSSR count). The average molecular weight is 345 g/mol. The van der Waals surface area contributed by atoms with Crippen LogP contribution in [-0.4, -0.2) is 10.7 Å². The predicted molar refractivity (Wildman–Crippen MR) is 90.4 cm³/mol. The van der Waals surface area contributed by atoms with Crippen LogP contribution in [0.25, 0.3) is 0 Å². The van der Waals surface area contributed by atoms with Gasteiger partial charge >= 0.3 is 0 Å². The molecule has 0 unspecified atom stereocenters. The van der Waals surface area contributed by atoms with Crippen molar-refractivity contribution in [1.29, 1.82) is 0 Å². The molecule has 110 valence electrons. The van der Waals surface area contributed by atoms with E-state index in [4.69, 9.17) is 0 Å². The quantitative estimate of drug-likeness (QED) is 0.822. The zero-order valence-corrected chi connectivity index (χ0v) is 13.7. The molecule has 2 aromatic carbocycles. The van der Waals surface area contributed by atoms with Crippen molar-refractivity contribution < 1.29 is 5.11 Å². The Balaban J connectivity index is 1.62. The van der Waals surface area contributed by atoms with Crippen LogP contribution in [-0.2, 0) is 6.42 Å². The number of hydrogen-bond donors (Lipinski definition) is 1. The molecular weight excluding hydrogens is 324 g/mol. The van der Waals surface area contributed by atoms with Gasteiger partial charge in [-0.25, -0.2) is 0 Å². The van der Waals surface area contributed by atoms with Gasteiger partial charge in [0.2, 0.25) is 0 Å². The number of aliphatic hydroxyl groups is 1. The van der Waals surface area contributed by atoms with Crippen LogP contribution >= 0.6 is 15.9 Å². The van der Waals surface area contributed by atoms with Crippen LogP contribution in [0.15, 0.2) is 59.1 Å². The Kier molecular flexibility index (Phi) is 4.46. The third-order valence-electron chi connectivity index (χ3n) is 4.63. The van der Waals surface area contributed by atoms with E-state index in [1.165, 1.54) is 11.1 Å². The highest BCUT2D eigenvalue weighted by Gasteiger charge is 2.33. The van der Waals surface area contributed by atoms with Gasteiger partial charge in [-0.3, -0.25) is 0 Å². The highest BCUT2D eigenvalue weighted by atomic mass is 79.9. The molecule has 2 heteroatoms. The maximum absolute atomic E-state index is 10.8. The molecule has 1 nitrogen and oxygen atoms in total. The van der Waals surface area contributed by atoms with E-state index in [1.54, 1.807) is 0 Å². The van der Waals surface area contributed by atoms with Gasteiger partial charge in [-0.2, -0.15) is 0 Å². The van der Waals surface area contributed by atoms with E-state index in [-0.39, 0.29) is 0 Å². The van der Waals surface area contributed by atoms with Crippen LogP contribution in [0.1, 0.15) is 42.7 Å². The Morgan fingerprint density at radius 2 is 1.57 bits per heavy atom. The number of rotatable bonds is 3. The molecule has 0 aliphatic heterocycles. The largest absolute Gasteiger partial charge is 0.390 e. The normalized spacial score (nSPS) is 25.7. The van der Waals surface area contributed by atoms with Crippen LogP contribution < -0.4 is 0 Å². The van der Waals surface area contributed by atoms with E-state index < -0.39 is 5.60 Å². The van der Waals surface area contributed by atoms with Gasteiger partial charge in [-0.1, -0.05) is 58.4 Å². The summed E-state index contributed by atoms with van der Waals surface area (Å²) in [4.78, 5) is 0. The second-order valence-electron chi connectivity index (χ2n) is 6.21. The summed E-state index contributed by atoms with van der Waals surface area (Å²) < 4.78 is 1.09. The fourth-order valence-electron chi connectivity index (χ4n) is 3.37. The lowest BCUT2D eigenvalue weighted by Crippen LogP contribution is -2.35. The molecule has 0 aromatic heterocycles. The molecule has 2 aromatic rings. The van der Waals surface area contributed by atoms with Gasteiger partial charge in [0.1, 0.15) is 0 Å². The second kappa shape index (κ2) is 6.33. The molecule has 1 fully saturated rings. The first-order valence-electron chi connectivity index (χ1n) is 7.66. The van der Waals surface area contributed by atoms with E-state index in [0.717, 1.165) is 36.6 Å². The maximum atomic E-state index is 10.8. The van der Waals surface area contributed by atoms with E-state index >= 15 is 0 Å². The Labute approximate surface area is 135 Å². The minimum Gasteiger partial charge on any atom is -0.390 e. The minimum atomic E-state index is -0.529. The van der Waals surface area contributed by atoms with E-state index in [2.05, 4.69) is 58.4 Å². The zero-order valence-electron chi connectivity index (χ0n) is 12.1. The maximum Gasteiger partial charge on any atom is 0.0688 e. The highest BCUT2D eigenvalue weighted by molar-refractivity contribution is 9.10. The summed E-state index contributed by atoms with van der Waals surface area (Å²) in [7, 11) is 0. The fraction of sp³-hybridized carbons (Fsp3) is 0.368. The third-order valence-corrected chi connectivity index (χ3v) is 5.16. The lowest BCUT2D eigenvalue weighted by atomic mass is 9.74. The van der Waals surface area contributed by atoms with Gasteiger partial charge in [0.05, 0.1) is 5.60 Å². The van der Waals surface area contributed by atoms with Gasteiger partial charge in [-0.15, -0.1) is 0 Å². The van der Waals surface area contributed by atoms with Crippen molar-refractivity contribution in [3.05, 3.63) is 70.2 Å². The first-order chi connectivity index (χ1) is 10.1. The Morgan fingerprint density at radius 1 is 0.952 bits per heavy atom. The lowest BCUT2D eigenvalue weighted by Gasteiger charge is -2.36. The number of halogens is 1. The molecule has 0 heterocycles. The van der Waals surface area contributed by atoms with Crippen LogP contribution in [0, 0.1) is 0 Å². The minimum absolute atomic E-state index is 0.529. The standard InChI is InChI=1S/C19H21BrO/c20-18-8-6-15(7-9-18)14-19(21)12-10-17(11-13-19)16-4-2-1-3-5-16/h1-9,17,21H,10-14H2. The highest BCUT2D eigenvalue weighted by Crippen LogP contribution is 2.39. The molecule has 0 atom stereocenters. The molecule has 1 N–H and O–H groups in total. The predicted octanol–water partition coefficient (Wildman–Crippen LogP) is 5.08. The molecular formula is C19H21BrO. The summed E-state index contributed by atoms with van der Waals surface area (Å²) in [5.41, 5.74) is 2.11. The summed E-state index contributed by atoms with van der Waals surface area (Å²) in [6, 6.07) is 19.0. The zero-order chi connectivity index (χ0) is 14.7. The summed E-state index contributed by atoms with van der Waals surface area (Å²) in [6.07, 6.45) is 4.71. The molecule has 0 spiro atoms. The van der Waals surface area contributed by atoms with Gasteiger partial charge in [0.15, 0.2) is 0 Å². The van der Waals surface area contributed by atoms with E-state index in [1.807, 2.05) is 12.1 Å². The van der Waals surface area contributed by atoms with Crippen molar-refractivity contribution in [1.82, 2.24) is 0 Å². The first kappa shape index (κ1) is 14.8. The first-order valence-corrected chi connectivity index (χ1v) is 8.46. The van der Waals surface area contributed by atoms with Crippen molar-refractivity contribution in [3.63, 3.8) is 0 Å². The van der Waals surface area contributed by atoms with E-state index in [9.17, 15) is 5.11 Å². The van der Waals surface area contributed by atoms with Crippen molar-refractivity contribution in [2.45, 2.75) is 43.6 Å². The molecule has 0 radical (unpaired) electrons. The van der Waals surface area contributed by atoms with Crippen LogP contribution in [0.4, 0.5) is 0 Å². The van der Waals surface area contributed by atoms with Crippen LogP contribution in [0.2, 0.25) is 0 Å². The van der Waals surface area contributed by atoms with Crippen LogP contribution in [0.3, 0.4) is 0 Å². The fourth-order valence-corrected chi connectivity index (χ4v) is 3.64. The molecule has 0 amide bonds. The summed E-state index contributed by atoms with van der Waals surface area (Å²) in [5.74, 6) is 0.608. The molecule has 1 aliphatic carbocycles. The van der Waals surface area contributed by atoms with Crippen molar-refractivity contribution in [2.24, 2.45) is 0 Å². The number of hydrogen-bond acceptors (Lipinski definition) is 1. The molecule has 21 heavy (non-hydrogen) atoms. The Hall–Kier alpha value is -1.12. The average Bonchev–Trinajstić information content (AvgIpc) is 2.51. The van der Waals surface area contributed by atoms with Crippen molar-refractivity contribution in [2.75, 3.05) is 0 Å². The summed E-state index contributed by atoms with van der Waals surface area (Å²) in [5, 5.41) is 10.8. The number of benzene rings is 2. The summed E-state index contributed by atoms with van der Waals surface area (Å²) in [6.45, 7) is 0. The van der Waals surface area contributed by atoms with Gasteiger partial charge < -0.3 is 5.11 Å². The van der Waals surface area contributed by atoms with Crippen LogP contribution in [0.5, 0.6) is 0 Å². The topological polar surface area (TPSA) is 20.2 Å². The van der Waals surface area contributed by atoms with Crippen molar-refractivity contribution >= 4 is 15.9 Å². The smallest absolute Gasteiger partial charge is 0.0688 e. The molecule has 0 saturated heterocycles. The van der Waals surface area contributed by atoms with Gasteiger partial charge in [0.25, 0.3) is 0 Å². The third kappa shape index (κ3) is 3.75. The monoisotopic (exact) mass is 344 g/mol. The molecule has 1 aliphatic rings. The van der Waals surface area contributed by atoms with Gasteiger partial charge in [0, 0.05) is 10.9 Å².